The standard InChI is InChI=1S/C14H19IN2O3S/c1-21(19,20)16-10-13-4-2-3-9-17(13)14(18)11-5-7-12(15)8-6-11/h5-8,13,16H,2-4,9-10H2,1H3. The molecule has 1 amide bonds. The van der Waals surface area contributed by atoms with Crippen LogP contribution >= 0.6 is 22.6 Å². The van der Waals surface area contributed by atoms with Crippen LogP contribution in [0.5, 0.6) is 0 Å². The molecule has 5 nitrogen and oxygen atoms in total. The number of carbonyl (C=O) groups excluding carboxylic acids is 1. The molecule has 116 valence electrons. The van der Waals surface area contributed by atoms with Crippen molar-refractivity contribution in [2.75, 3.05) is 19.3 Å². The number of sulfonamides is 1. The summed E-state index contributed by atoms with van der Waals surface area (Å²) < 4.78 is 26.1. The fourth-order valence-corrected chi connectivity index (χ4v) is 3.34. The molecule has 0 aromatic heterocycles. The molecule has 1 aromatic carbocycles. The minimum absolute atomic E-state index is 0.0219. The highest BCUT2D eigenvalue weighted by molar-refractivity contribution is 14.1. The zero-order valence-electron chi connectivity index (χ0n) is 11.9. The topological polar surface area (TPSA) is 66.5 Å². The predicted molar refractivity (Wildman–Crippen MR) is 90.7 cm³/mol. The third-order valence-corrected chi connectivity index (χ3v) is 4.97. The first-order valence-corrected chi connectivity index (χ1v) is 9.85. The highest BCUT2D eigenvalue weighted by Crippen LogP contribution is 2.20. The first-order chi connectivity index (χ1) is 9.87. The average molecular weight is 422 g/mol. The lowest BCUT2D eigenvalue weighted by atomic mass is 10.0. The molecule has 0 aliphatic carbocycles. The third-order valence-electron chi connectivity index (χ3n) is 3.56. The average Bonchev–Trinajstić information content (AvgIpc) is 2.45. The van der Waals surface area contributed by atoms with Crippen molar-refractivity contribution in [1.29, 1.82) is 0 Å². The molecule has 0 bridgehead atoms. The molecule has 2 rings (SSSR count). The minimum Gasteiger partial charge on any atom is -0.334 e. The zero-order chi connectivity index (χ0) is 15.5. The van der Waals surface area contributed by atoms with Crippen LogP contribution in [0.15, 0.2) is 24.3 Å². The molecule has 1 N–H and O–H groups in total. The van der Waals surface area contributed by atoms with Crippen LogP contribution in [-0.4, -0.2) is 44.6 Å². The number of rotatable bonds is 4. The van der Waals surface area contributed by atoms with Crippen molar-refractivity contribution in [2.45, 2.75) is 25.3 Å². The lowest BCUT2D eigenvalue weighted by Gasteiger charge is -2.35. The molecule has 1 saturated heterocycles. The van der Waals surface area contributed by atoms with Crippen LogP contribution in [0.1, 0.15) is 29.6 Å². The van der Waals surface area contributed by atoms with E-state index in [0.717, 1.165) is 29.1 Å². The number of nitrogens with zero attached hydrogens (tertiary/aromatic N) is 1. The van der Waals surface area contributed by atoms with E-state index in [1.807, 2.05) is 24.3 Å². The van der Waals surface area contributed by atoms with Crippen molar-refractivity contribution < 1.29 is 13.2 Å². The molecule has 1 fully saturated rings. The van der Waals surface area contributed by atoms with E-state index in [2.05, 4.69) is 27.3 Å². The van der Waals surface area contributed by atoms with E-state index < -0.39 is 10.0 Å². The lowest BCUT2D eigenvalue weighted by molar-refractivity contribution is 0.0619. The van der Waals surface area contributed by atoms with Crippen LogP contribution in [-0.2, 0) is 10.0 Å². The van der Waals surface area contributed by atoms with E-state index in [0.29, 0.717) is 12.1 Å². The van der Waals surface area contributed by atoms with Crippen molar-refractivity contribution >= 4 is 38.5 Å². The normalized spacial score (nSPS) is 19.5. The van der Waals surface area contributed by atoms with Gasteiger partial charge < -0.3 is 4.90 Å². The number of benzene rings is 1. The monoisotopic (exact) mass is 422 g/mol. The molecule has 7 heteroatoms. The number of piperidine rings is 1. The quantitative estimate of drug-likeness (QED) is 0.754. The molecule has 0 spiro atoms. The van der Waals surface area contributed by atoms with Crippen LogP contribution in [0, 0.1) is 3.57 Å². The van der Waals surface area contributed by atoms with Gasteiger partial charge in [0.25, 0.3) is 5.91 Å². The Labute approximate surface area is 139 Å². The molecule has 1 aliphatic rings. The largest absolute Gasteiger partial charge is 0.334 e. The van der Waals surface area contributed by atoms with Crippen molar-refractivity contribution in [1.82, 2.24) is 9.62 Å². The van der Waals surface area contributed by atoms with Crippen LogP contribution in [0.4, 0.5) is 0 Å². The van der Waals surface area contributed by atoms with Gasteiger partial charge in [-0.05, 0) is 66.1 Å². The highest BCUT2D eigenvalue weighted by atomic mass is 127. The van der Waals surface area contributed by atoms with Crippen molar-refractivity contribution in [2.24, 2.45) is 0 Å². The first kappa shape index (κ1) is 16.7. The van der Waals surface area contributed by atoms with Crippen LogP contribution < -0.4 is 4.72 Å². The van der Waals surface area contributed by atoms with Crippen molar-refractivity contribution in [3.8, 4) is 0 Å². The maximum atomic E-state index is 12.6. The molecule has 1 heterocycles. The number of halogens is 1. The molecule has 1 unspecified atom stereocenters. The summed E-state index contributed by atoms with van der Waals surface area (Å²) in [4.78, 5) is 14.4. The van der Waals surface area contributed by atoms with Gasteiger partial charge in [-0.25, -0.2) is 13.1 Å². The second-order valence-electron chi connectivity index (χ2n) is 5.28. The van der Waals surface area contributed by atoms with Gasteiger partial charge in [0.15, 0.2) is 0 Å². The molecule has 21 heavy (non-hydrogen) atoms. The fraction of sp³-hybridized carbons (Fsp3) is 0.500. The fourth-order valence-electron chi connectivity index (χ4n) is 2.49. The summed E-state index contributed by atoms with van der Waals surface area (Å²) in [6, 6.07) is 7.38. The van der Waals surface area contributed by atoms with E-state index in [4.69, 9.17) is 0 Å². The van der Waals surface area contributed by atoms with E-state index >= 15 is 0 Å². The highest BCUT2D eigenvalue weighted by Gasteiger charge is 2.27. The Hall–Kier alpha value is -0.670. The van der Waals surface area contributed by atoms with Gasteiger partial charge in [-0.15, -0.1) is 0 Å². The van der Waals surface area contributed by atoms with Gasteiger partial charge in [-0.1, -0.05) is 0 Å². The summed E-state index contributed by atoms with van der Waals surface area (Å²) in [7, 11) is -3.23. The third kappa shape index (κ3) is 4.93. The molecule has 1 atom stereocenters. The Morgan fingerprint density at radius 2 is 2.00 bits per heavy atom. The second-order valence-corrected chi connectivity index (χ2v) is 8.35. The molecular formula is C14H19IN2O3S. The lowest BCUT2D eigenvalue weighted by Crippen LogP contribution is -2.49. The van der Waals surface area contributed by atoms with E-state index in [-0.39, 0.29) is 18.5 Å². The van der Waals surface area contributed by atoms with E-state index in [1.54, 1.807) is 4.90 Å². The molecular weight excluding hydrogens is 403 g/mol. The molecule has 1 aromatic rings. The first-order valence-electron chi connectivity index (χ1n) is 6.88. The summed E-state index contributed by atoms with van der Waals surface area (Å²) in [5.74, 6) is -0.0219. The Kier molecular flexibility index (Phi) is 5.61. The van der Waals surface area contributed by atoms with Gasteiger partial charge in [0.2, 0.25) is 10.0 Å². The number of hydrogen-bond acceptors (Lipinski definition) is 3. The van der Waals surface area contributed by atoms with Crippen molar-refractivity contribution in [3.63, 3.8) is 0 Å². The maximum Gasteiger partial charge on any atom is 0.254 e. The zero-order valence-corrected chi connectivity index (χ0v) is 14.9. The van der Waals surface area contributed by atoms with E-state index in [1.165, 1.54) is 0 Å². The summed E-state index contributed by atoms with van der Waals surface area (Å²) in [6.07, 6.45) is 3.96. The molecule has 0 saturated carbocycles. The van der Waals surface area contributed by atoms with Gasteiger partial charge in [0, 0.05) is 28.3 Å². The van der Waals surface area contributed by atoms with E-state index in [9.17, 15) is 13.2 Å². The number of nitrogens with one attached hydrogen (secondary N) is 1. The van der Waals surface area contributed by atoms with Crippen LogP contribution in [0.25, 0.3) is 0 Å². The Balaban J connectivity index is 2.10. The summed E-state index contributed by atoms with van der Waals surface area (Å²) >= 11 is 2.20. The molecule has 1 aliphatic heterocycles. The smallest absolute Gasteiger partial charge is 0.254 e. The number of carbonyl (C=O) groups is 1. The Morgan fingerprint density at radius 1 is 1.33 bits per heavy atom. The molecule has 0 radical (unpaired) electrons. The summed E-state index contributed by atoms with van der Waals surface area (Å²) in [6.45, 7) is 0.968. The van der Waals surface area contributed by atoms with Gasteiger partial charge >= 0.3 is 0 Å². The minimum atomic E-state index is -3.23. The number of hydrogen-bond donors (Lipinski definition) is 1. The van der Waals surface area contributed by atoms with Crippen LogP contribution in [0.3, 0.4) is 0 Å². The Morgan fingerprint density at radius 3 is 2.62 bits per heavy atom. The maximum absolute atomic E-state index is 12.6. The number of likely N-dealkylation sites (tertiary alicyclic amines) is 1. The summed E-state index contributed by atoms with van der Waals surface area (Å²) in [5, 5.41) is 0. The Bertz CT molecular complexity index is 601. The number of amides is 1. The van der Waals surface area contributed by atoms with Gasteiger partial charge in [-0.2, -0.15) is 0 Å². The van der Waals surface area contributed by atoms with Gasteiger partial charge in [0.05, 0.1) is 6.26 Å². The van der Waals surface area contributed by atoms with Crippen molar-refractivity contribution in [3.05, 3.63) is 33.4 Å². The van der Waals surface area contributed by atoms with Crippen LogP contribution in [0.2, 0.25) is 0 Å². The summed E-state index contributed by atoms with van der Waals surface area (Å²) in [5.41, 5.74) is 0.654. The van der Waals surface area contributed by atoms with Gasteiger partial charge in [-0.3, -0.25) is 4.79 Å². The predicted octanol–water partition coefficient (Wildman–Crippen LogP) is 1.84. The second kappa shape index (κ2) is 7.06. The van der Waals surface area contributed by atoms with Gasteiger partial charge in [0.1, 0.15) is 0 Å². The SMILES string of the molecule is CS(=O)(=O)NCC1CCCCN1C(=O)c1ccc(I)cc1.